The van der Waals surface area contributed by atoms with Crippen LogP contribution in [0.1, 0.15) is 20.7 Å². The van der Waals surface area contributed by atoms with E-state index in [1.54, 1.807) is 24.3 Å². The molecule has 0 unspecified atom stereocenters. The summed E-state index contributed by atoms with van der Waals surface area (Å²) in [6, 6.07) is 11.7. The third kappa shape index (κ3) is 4.03. The standard InChI is InChI=1S/C9H6O4.C7H8FN3S/c10-7-5-3-1-2-4-6(5)8(11)9(7,12)13;8-5-1-3-6(4-2-5)10-7(12)11-9/h1-4,12-13H;1-4H,9H2,(H2,10,11,12). The topological polar surface area (TPSA) is 125 Å². The molecule has 1 aliphatic rings. The molecule has 7 nitrogen and oxygen atoms in total. The van der Waals surface area contributed by atoms with E-state index < -0.39 is 17.4 Å². The first kappa shape index (κ1) is 18.6. The number of nitrogens with two attached hydrogens (primary N) is 1. The number of aliphatic hydroxyl groups is 2. The van der Waals surface area contributed by atoms with E-state index in [1.807, 2.05) is 0 Å². The minimum atomic E-state index is -2.86. The molecule has 0 heterocycles. The number of halogens is 1. The number of benzene rings is 2. The zero-order valence-electron chi connectivity index (χ0n) is 12.7. The average molecular weight is 363 g/mol. The van der Waals surface area contributed by atoms with Crippen molar-refractivity contribution in [2.75, 3.05) is 5.32 Å². The second-order valence-corrected chi connectivity index (χ2v) is 5.39. The molecule has 0 aliphatic heterocycles. The summed E-state index contributed by atoms with van der Waals surface area (Å²) in [5, 5.41) is 21.3. The first-order valence-corrected chi connectivity index (χ1v) is 7.34. The van der Waals surface area contributed by atoms with Gasteiger partial charge >= 0.3 is 0 Å². The fraction of sp³-hybridized carbons (Fsp3) is 0.0625. The Hall–Kier alpha value is -2.72. The van der Waals surface area contributed by atoms with E-state index in [4.69, 9.17) is 28.3 Å². The highest BCUT2D eigenvalue weighted by atomic mass is 32.1. The molecule has 130 valence electrons. The quantitative estimate of drug-likeness (QED) is 0.165. The molecule has 0 saturated heterocycles. The molecule has 0 radical (unpaired) electrons. The first-order chi connectivity index (χ1) is 11.8. The van der Waals surface area contributed by atoms with E-state index in [0.717, 1.165) is 0 Å². The molecule has 2 aromatic rings. The molecule has 0 fully saturated rings. The third-order valence-electron chi connectivity index (χ3n) is 3.28. The molecule has 0 spiro atoms. The maximum Gasteiger partial charge on any atom is 0.295 e. The minimum Gasteiger partial charge on any atom is -0.353 e. The van der Waals surface area contributed by atoms with Crippen LogP contribution in [0.2, 0.25) is 0 Å². The highest BCUT2D eigenvalue weighted by molar-refractivity contribution is 7.80. The number of fused-ring (bicyclic) bond motifs is 1. The Balaban J connectivity index is 0.000000181. The van der Waals surface area contributed by atoms with Crippen molar-refractivity contribution in [2.24, 2.45) is 5.84 Å². The lowest BCUT2D eigenvalue weighted by Crippen LogP contribution is -2.40. The van der Waals surface area contributed by atoms with E-state index in [-0.39, 0.29) is 16.9 Å². The van der Waals surface area contributed by atoms with Crippen LogP contribution in [0.25, 0.3) is 0 Å². The summed E-state index contributed by atoms with van der Waals surface area (Å²) in [7, 11) is 0. The molecule has 2 aromatic carbocycles. The Labute approximate surface area is 147 Å². The van der Waals surface area contributed by atoms with Gasteiger partial charge in [-0.15, -0.1) is 0 Å². The maximum absolute atomic E-state index is 12.4. The van der Waals surface area contributed by atoms with Crippen molar-refractivity contribution in [1.82, 2.24) is 5.43 Å². The van der Waals surface area contributed by atoms with Crippen molar-refractivity contribution in [1.29, 1.82) is 0 Å². The van der Waals surface area contributed by atoms with E-state index in [9.17, 15) is 14.0 Å². The molecule has 25 heavy (non-hydrogen) atoms. The smallest absolute Gasteiger partial charge is 0.295 e. The predicted molar refractivity (Wildman–Crippen MR) is 92.2 cm³/mol. The van der Waals surface area contributed by atoms with E-state index in [1.165, 1.54) is 24.3 Å². The van der Waals surface area contributed by atoms with Crippen LogP contribution in [0.3, 0.4) is 0 Å². The number of hydrogen-bond acceptors (Lipinski definition) is 6. The van der Waals surface area contributed by atoms with Gasteiger partial charge in [-0.1, -0.05) is 24.3 Å². The third-order valence-corrected chi connectivity index (χ3v) is 3.50. The van der Waals surface area contributed by atoms with Gasteiger partial charge in [0.25, 0.3) is 5.79 Å². The van der Waals surface area contributed by atoms with Crippen LogP contribution in [0, 0.1) is 5.82 Å². The van der Waals surface area contributed by atoms with E-state index in [2.05, 4.69) is 10.7 Å². The SMILES string of the molecule is NNC(=S)Nc1ccc(F)cc1.O=C1c2ccccc2C(=O)C1(O)O. The second kappa shape index (κ2) is 7.45. The molecular formula is C16H14FN3O4S. The van der Waals surface area contributed by atoms with E-state index >= 15 is 0 Å². The van der Waals surface area contributed by atoms with Gasteiger partial charge in [0, 0.05) is 16.8 Å². The van der Waals surface area contributed by atoms with Gasteiger partial charge in [0.05, 0.1) is 0 Å². The summed E-state index contributed by atoms with van der Waals surface area (Å²) >= 11 is 4.73. The Bertz CT molecular complexity index is 787. The van der Waals surface area contributed by atoms with E-state index in [0.29, 0.717) is 10.8 Å². The number of hydrogen-bond donors (Lipinski definition) is 5. The summed E-state index contributed by atoms with van der Waals surface area (Å²) in [5.74, 6) is -0.0221. The molecule has 0 amide bonds. The fourth-order valence-corrected chi connectivity index (χ4v) is 2.18. The highest BCUT2D eigenvalue weighted by Crippen LogP contribution is 2.27. The van der Waals surface area contributed by atoms with Crippen LogP contribution in [0.15, 0.2) is 48.5 Å². The van der Waals surface area contributed by atoms with Crippen LogP contribution in [-0.2, 0) is 0 Å². The van der Waals surface area contributed by atoms with Crippen LogP contribution in [0.5, 0.6) is 0 Å². The van der Waals surface area contributed by atoms with Gasteiger partial charge in [-0.05, 0) is 36.5 Å². The monoisotopic (exact) mass is 363 g/mol. The first-order valence-electron chi connectivity index (χ1n) is 6.94. The van der Waals surface area contributed by atoms with Gasteiger partial charge in [0.2, 0.25) is 11.6 Å². The van der Waals surface area contributed by atoms with Gasteiger partial charge in [-0.3, -0.25) is 9.59 Å². The minimum absolute atomic E-state index is 0.0671. The number of Topliss-reactive ketones (excluding diaryl/α,β-unsaturated/α-hetero) is 2. The molecule has 3 rings (SSSR count). The van der Waals surface area contributed by atoms with Crippen LogP contribution >= 0.6 is 12.2 Å². The van der Waals surface area contributed by atoms with Gasteiger partial charge in [0.15, 0.2) is 5.11 Å². The van der Waals surface area contributed by atoms with Gasteiger partial charge < -0.3 is 21.0 Å². The average Bonchev–Trinajstić information content (AvgIpc) is 2.78. The van der Waals surface area contributed by atoms with Crippen molar-refractivity contribution in [3.8, 4) is 0 Å². The number of anilines is 1. The number of carbonyl (C=O) groups excluding carboxylic acids is 2. The number of carbonyl (C=O) groups is 2. The Morgan fingerprint density at radius 3 is 1.92 bits per heavy atom. The Morgan fingerprint density at radius 1 is 1.00 bits per heavy atom. The van der Waals surface area contributed by atoms with Crippen molar-refractivity contribution in [2.45, 2.75) is 5.79 Å². The van der Waals surface area contributed by atoms with Crippen LogP contribution < -0.4 is 16.6 Å². The van der Waals surface area contributed by atoms with Gasteiger partial charge in [-0.2, -0.15) is 0 Å². The molecule has 0 atom stereocenters. The lowest BCUT2D eigenvalue weighted by Gasteiger charge is -2.08. The summed E-state index contributed by atoms with van der Waals surface area (Å²) in [4.78, 5) is 22.4. The molecule has 0 saturated carbocycles. The summed E-state index contributed by atoms with van der Waals surface area (Å²) in [6.45, 7) is 0. The Morgan fingerprint density at radius 2 is 1.48 bits per heavy atom. The lowest BCUT2D eigenvalue weighted by molar-refractivity contribution is -0.0857. The summed E-state index contributed by atoms with van der Waals surface area (Å²) in [6.07, 6.45) is 0. The molecule has 6 N–H and O–H groups in total. The molecule has 1 aliphatic carbocycles. The van der Waals surface area contributed by atoms with Gasteiger partial charge in [-0.25, -0.2) is 10.2 Å². The van der Waals surface area contributed by atoms with Crippen molar-refractivity contribution in [3.63, 3.8) is 0 Å². The molecule has 0 aromatic heterocycles. The molecule has 9 heteroatoms. The maximum atomic E-state index is 12.4. The highest BCUT2D eigenvalue weighted by Gasteiger charge is 2.50. The number of thiocarbonyl (C=S) groups is 1. The van der Waals surface area contributed by atoms with Crippen molar-refractivity contribution < 1.29 is 24.2 Å². The largest absolute Gasteiger partial charge is 0.353 e. The Kier molecular flexibility index (Phi) is 5.55. The van der Waals surface area contributed by atoms with Crippen molar-refractivity contribution in [3.05, 3.63) is 65.5 Å². The van der Waals surface area contributed by atoms with Crippen LogP contribution in [0.4, 0.5) is 10.1 Å². The van der Waals surface area contributed by atoms with Crippen LogP contribution in [-0.4, -0.2) is 32.7 Å². The number of ketones is 2. The normalized spacial score (nSPS) is 14.2. The predicted octanol–water partition coefficient (Wildman–Crippen LogP) is 0.732. The number of hydrazine groups is 1. The summed E-state index contributed by atoms with van der Waals surface area (Å²) < 4.78 is 12.4. The second-order valence-electron chi connectivity index (χ2n) is 4.98. The molecular weight excluding hydrogens is 349 g/mol. The number of nitrogens with one attached hydrogen (secondary N) is 2. The summed E-state index contributed by atoms with van der Waals surface area (Å²) in [5.41, 5.74) is 3.08. The van der Waals surface area contributed by atoms with Gasteiger partial charge in [0.1, 0.15) is 5.82 Å². The lowest BCUT2D eigenvalue weighted by atomic mass is 10.1. The zero-order chi connectivity index (χ0) is 18.6. The fourth-order valence-electron chi connectivity index (χ4n) is 2.06. The molecule has 0 bridgehead atoms. The number of rotatable bonds is 1. The zero-order valence-corrected chi connectivity index (χ0v) is 13.5. The van der Waals surface area contributed by atoms with Crippen molar-refractivity contribution >= 4 is 34.6 Å².